The average Bonchev–Trinajstić information content (AvgIpc) is 1.64. The second-order valence-corrected chi connectivity index (χ2v) is 32.9. The molecule has 131 heavy (non-hydrogen) atoms. The van der Waals surface area contributed by atoms with Gasteiger partial charge in [-0.25, -0.2) is 29.6 Å². The van der Waals surface area contributed by atoms with Crippen LogP contribution in [0.5, 0.6) is 0 Å². The molecule has 676 valence electrons. The summed E-state index contributed by atoms with van der Waals surface area (Å²) in [4.78, 5) is 105. The highest BCUT2D eigenvalue weighted by atomic mass is 32.1. The molecule has 0 bridgehead atoms. The summed E-state index contributed by atoms with van der Waals surface area (Å²) in [5, 5.41) is 80.2. The number of hydrogen-bond donors (Lipinski definition) is 10. The Hall–Kier alpha value is -14.4. The predicted octanol–water partition coefficient (Wildman–Crippen LogP) is 14.2. The quantitative estimate of drug-likeness (QED) is 0.0104. The summed E-state index contributed by atoms with van der Waals surface area (Å²) in [6, 6.07) is 14.9. The molecule has 0 aromatic carbocycles. The minimum atomic E-state index is -0.514. The zero-order valence-electron chi connectivity index (χ0n) is 70.1. The van der Waals surface area contributed by atoms with Crippen molar-refractivity contribution < 1.29 is 72.1 Å². The van der Waals surface area contributed by atoms with Gasteiger partial charge >= 0.3 is 12.3 Å². The van der Waals surface area contributed by atoms with Gasteiger partial charge < -0.3 is 59.8 Å². The van der Waals surface area contributed by atoms with Crippen molar-refractivity contribution in [3.63, 3.8) is 0 Å². The molecular formula is C84H85FN28O14S4. The fraction of sp³-hybridized carbons (Fsp3) is 0.310. The minimum absolute atomic E-state index is 0.0663. The van der Waals surface area contributed by atoms with Crippen LogP contribution in [0.2, 0.25) is 0 Å². The molecule has 0 radical (unpaired) electrons. The van der Waals surface area contributed by atoms with E-state index in [0.29, 0.717) is 106 Å². The molecule has 5 aliphatic rings. The van der Waals surface area contributed by atoms with Gasteiger partial charge in [0.15, 0.2) is 11.6 Å². The number of hydrogen-bond acceptors (Lipinski definition) is 32. The number of pyridine rings is 3. The van der Waals surface area contributed by atoms with Crippen LogP contribution in [0.15, 0.2) is 163 Å². The van der Waals surface area contributed by atoms with E-state index in [2.05, 4.69) is 117 Å². The molecule has 20 rings (SSSR count). The van der Waals surface area contributed by atoms with Gasteiger partial charge in [-0.1, -0.05) is 18.7 Å². The molecule has 0 atom stereocenters. The van der Waals surface area contributed by atoms with Crippen molar-refractivity contribution in [3.8, 4) is 76.4 Å². The van der Waals surface area contributed by atoms with Gasteiger partial charge in [0.05, 0.1) is 121 Å². The van der Waals surface area contributed by atoms with Crippen molar-refractivity contribution in [2.24, 2.45) is 0 Å². The van der Waals surface area contributed by atoms with Crippen LogP contribution in [0.25, 0.3) is 81.3 Å². The first-order chi connectivity index (χ1) is 64.0. The Bertz CT molecular complexity index is 6090. The highest BCUT2D eigenvalue weighted by Gasteiger charge is 2.42. The first-order valence-corrected chi connectivity index (χ1v) is 44.7. The van der Waals surface area contributed by atoms with Gasteiger partial charge in [-0.15, -0.1) is 45.3 Å². The van der Waals surface area contributed by atoms with Crippen molar-refractivity contribution in [2.75, 3.05) is 54.3 Å². The third-order valence-corrected chi connectivity index (χ3v) is 24.8. The topological polar surface area (TPSA) is 527 Å². The molecule has 1 aliphatic heterocycles. The summed E-state index contributed by atoms with van der Waals surface area (Å²) in [6.07, 6.45) is 34.9. The van der Waals surface area contributed by atoms with Gasteiger partial charge in [0.25, 0.3) is 30.1 Å². The van der Waals surface area contributed by atoms with Crippen molar-refractivity contribution in [1.29, 1.82) is 0 Å². The SMILES string of the molecule is CCOC1CC(n2cc(NC(=O)c3csc(-c4cn[nH]c4)n3)c(-c3ccccn3)n2)C1.CCOC1CC(n2cc(NC(=O)c3csc(-c4cn[nH]c4)n3)c(-c3ccccn3)n2)C1.O=C(Nc1cn(C2CCC3(CC2)OCCO3)nc1-c1ncccc1F)c1csc(-c2cn[nH]c2)n1.O=CO.O=COO.[C-]#[N+]c1nn(C2CC(OCC)C2)cc1NC(=O)c1csc(-c2cn[nH]c2)n1. The number of H-pyrrole nitrogens is 4. The molecular weight excluding hydrogens is 1770 g/mol. The van der Waals surface area contributed by atoms with E-state index in [-0.39, 0.29) is 96.0 Å². The number of nitrogens with one attached hydrogen (secondary N) is 8. The predicted molar refractivity (Wildman–Crippen MR) is 477 cm³/mol. The summed E-state index contributed by atoms with van der Waals surface area (Å²) in [5.41, 5.74) is 9.58. The van der Waals surface area contributed by atoms with E-state index in [1.807, 2.05) is 78.9 Å². The van der Waals surface area contributed by atoms with Gasteiger partial charge in [-0.05, 0) is 114 Å². The molecule has 1 spiro atoms. The Morgan fingerprint density at radius 1 is 0.504 bits per heavy atom. The summed E-state index contributed by atoms with van der Waals surface area (Å²) in [6.45, 7) is 16.3. The maximum absolute atomic E-state index is 14.7. The fourth-order valence-electron chi connectivity index (χ4n) is 14.6. The second kappa shape index (κ2) is 43.6. The second-order valence-electron chi connectivity index (χ2n) is 29.5. The lowest BCUT2D eigenvalue weighted by atomic mass is 9.89. The van der Waals surface area contributed by atoms with Crippen LogP contribution in [0.1, 0.15) is 151 Å². The van der Waals surface area contributed by atoms with Crippen LogP contribution in [0, 0.1) is 12.4 Å². The maximum Gasteiger partial charge on any atom is 0.330 e. The standard InChI is InChI=1S/C23H22FN7O3S.2C21H21N7O2S.C17H17N7O2S.CH2O3.CH2O2/c24-16-2-1-7-25-19(16)20-17(28-21(32)18-13-35-22(29-18)14-10-26-27-11-14)12-31(30-20)15-3-5-23(6-4-15)33-8-9-34-23;2*1-2-30-15-7-14(8-15)28-11-17(19(27-28)16-5-3-4-6-22-16)25-20(29)18-12-31-21(26-18)13-9-23-24-10-13;1-3-26-12-4-11(5-12)24-8-13(15(18-2)23-24)21-16(25)14-9-27-17(22-14)10-6-19-20-7-10;2-1-4-3;2-1-3/h1-2,7,10-13,15H,3-6,8-9H2,(H,26,27)(H,28,32);2*3-6,9-12,14-15H,2,7-8H2,1H3,(H,23,24)(H,25,29);6-9,11-12H,3-5H2,1H3,(H,19,20)(H,21,25);1,3H;1H,(H,2,3). The van der Waals surface area contributed by atoms with Crippen LogP contribution in [-0.2, 0) is 38.2 Å². The highest BCUT2D eigenvalue weighted by molar-refractivity contribution is 7.14. The number of carbonyl (C=O) groups is 6. The fourth-order valence-corrected chi connectivity index (χ4v) is 17.7. The Labute approximate surface area is 760 Å². The molecule has 42 nitrogen and oxygen atoms in total. The number of anilines is 4. The van der Waals surface area contributed by atoms with Gasteiger partial charge in [0.2, 0.25) is 0 Å². The molecule has 15 aromatic rings. The molecule has 4 saturated carbocycles. The smallest absolute Gasteiger partial charge is 0.330 e. The van der Waals surface area contributed by atoms with Gasteiger partial charge in [-0.3, -0.25) is 78.2 Å². The highest BCUT2D eigenvalue weighted by Crippen LogP contribution is 2.44. The summed E-state index contributed by atoms with van der Waals surface area (Å²) in [5.74, 6) is -2.19. The molecule has 47 heteroatoms. The van der Waals surface area contributed by atoms with Crippen molar-refractivity contribution >= 4 is 110 Å². The number of carboxylic acid groups (broad SMARTS) is 1. The monoisotopic (exact) mass is 1860 g/mol. The molecule has 4 aliphatic carbocycles. The number of carbonyl (C=O) groups excluding carboxylic acids is 5. The number of aromatic amines is 4. The van der Waals surface area contributed by atoms with Crippen molar-refractivity contribution in [3.05, 3.63) is 203 Å². The van der Waals surface area contributed by atoms with E-state index in [9.17, 15) is 23.6 Å². The van der Waals surface area contributed by atoms with E-state index in [1.165, 1.54) is 63.7 Å². The number of thiazole rings is 4. The van der Waals surface area contributed by atoms with Gasteiger partial charge in [-0.2, -0.15) is 40.4 Å². The number of nitrogens with zero attached hydrogens (tertiary/aromatic N) is 20. The van der Waals surface area contributed by atoms with Gasteiger partial charge in [0, 0.05) is 138 Å². The zero-order chi connectivity index (χ0) is 91.2. The normalized spacial score (nSPS) is 17.3. The lowest BCUT2D eigenvalue weighted by Crippen LogP contribution is -2.35. The summed E-state index contributed by atoms with van der Waals surface area (Å²) in [7, 11) is 0. The molecule has 1 saturated heterocycles. The van der Waals surface area contributed by atoms with E-state index in [1.54, 1.807) is 105 Å². The molecule has 4 amide bonds. The zero-order valence-corrected chi connectivity index (χ0v) is 73.4. The van der Waals surface area contributed by atoms with E-state index >= 15 is 0 Å². The largest absolute Gasteiger partial charge is 0.483 e. The number of aromatic nitrogens is 23. The number of halogens is 1. The minimum Gasteiger partial charge on any atom is -0.483 e. The number of amides is 4. The van der Waals surface area contributed by atoms with Crippen LogP contribution in [0.4, 0.5) is 33.0 Å². The number of ether oxygens (including phenoxy) is 5. The average molecular weight is 1860 g/mol. The Morgan fingerprint density at radius 2 is 0.847 bits per heavy atom. The third-order valence-electron chi connectivity index (χ3n) is 21.2. The van der Waals surface area contributed by atoms with E-state index in [4.69, 9.17) is 60.4 Å². The molecule has 15 aromatic heterocycles. The molecule has 5 fully saturated rings. The van der Waals surface area contributed by atoms with Crippen molar-refractivity contribution in [1.82, 2.24) is 115 Å². The van der Waals surface area contributed by atoms with E-state index in [0.717, 1.165) is 96.5 Å². The Morgan fingerprint density at radius 3 is 1.18 bits per heavy atom. The van der Waals surface area contributed by atoms with E-state index < -0.39 is 17.5 Å². The molecule has 16 heterocycles. The Kier molecular flexibility index (Phi) is 30.4. The van der Waals surface area contributed by atoms with Crippen molar-refractivity contribution in [2.45, 2.75) is 133 Å². The lowest BCUT2D eigenvalue weighted by Gasteiger charge is -2.35. The molecule has 0 unspecified atom stereocenters. The first-order valence-electron chi connectivity index (χ1n) is 41.2. The Balaban J connectivity index is 0.000000131. The summed E-state index contributed by atoms with van der Waals surface area (Å²) >= 11 is 5.48. The first kappa shape index (κ1) is 91.4. The summed E-state index contributed by atoms with van der Waals surface area (Å²) < 4.78 is 50.6. The molecule has 10 N–H and O–H groups in total. The number of rotatable bonds is 26. The van der Waals surface area contributed by atoms with Crippen LogP contribution >= 0.6 is 45.3 Å². The lowest BCUT2D eigenvalue weighted by molar-refractivity contribution is -0.217. The van der Waals surface area contributed by atoms with Crippen LogP contribution in [-0.4, -0.2) is 219 Å². The van der Waals surface area contributed by atoms with Gasteiger partial charge in [0.1, 0.15) is 65.6 Å². The maximum atomic E-state index is 14.7. The van der Waals surface area contributed by atoms with Crippen LogP contribution < -0.4 is 21.3 Å². The third kappa shape index (κ3) is 22.5. The van der Waals surface area contributed by atoms with Crippen LogP contribution in [0.3, 0.4) is 0 Å².